The lowest BCUT2D eigenvalue weighted by Gasteiger charge is -2.23. The zero-order valence-electron chi connectivity index (χ0n) is 10.6. The summed E-state index contributed by atoms with van der Waals surface area (Å²) in [4.78, 5) is 0. The van der Waals surface area contributed by atoms with E-state index in [1.807, 2.05) is 6.07 Å². The minimum absolute atomic E-state index is 0.0947. The molecule has 16 heavy (non-hydrogen) atoms. The summed E-state index contributed by atoms with van der Waals surface area (Å²) in [6.07, 6.45) is 0.934. The Kier molecular flexibility index (Phi) is 4.33. The van der Waals surface area contributed by atoms with Crippen LogP contribution in [0.4, 0.5) is 0 Å². The smallest absolute Gasteiger partial charge is 0.122 e. The van der Waals surface area contributed by atoms with Gasteiger partial charge in [-0.05, 0) is 29.0 Å². The molecule has 0 unspecified atom stereocenters. The van der Waals surface area contributed by atoms with Crippen LogP contribution in [0.25, 0.3) is 0 Å². The fourth-order valence-corrected chi connectivity index (χ4v) is 1.71. The lowest BCUT2D eigenvalue weighted by molar-refractivity contribution is 0.397. The Morgan fingerprint density at radius 1 is 1.31 bits per heavy atom. The minimum atomic E-state index is 0.0947. The second-order valence-corrected chi connectivity index (χ2v) is 4.99. The van der Waals surface area contributed by atoms with Crippen LogP contribution < -0.4 is 16.0 Å². The number of benzene rings is 1. The van der Waals surface area contributed by atoms with E-state index in [1.54, 1.807) is 7.11 Å². The van der Waals surface area contributed by atoms with E-state index in [2.05, 4.69) is 38.3 Å². The molecule has 0 aliphatic carbocycles. The van der Waals surface area contributed by atoms with Crippen LogP contribution in [0.1, 0.15) is 31.9 Å². The molecule has 0 aliphatic heterocycles. The van der Waals surface area contributed by atoms with E-state index in [1.165, 1.54) is 11.1 Å². The third-order valence-electron chi connectivity index (χ3n) is 2.63. The average molecular weight is 222 g/mol. The summed E-state index contributed by atoms with van der Waals surface area (Å²) in [6.45, 7) is 7.36. The van der Waals surface area contributed by atoms with Gasteiger partial charge in [-0.15, -0.1) is 0 Å². The van der Waals surface area contributed by atoms with Crippen LogP contribution in [0.15, 0.2) is 18.2 Å². The molecule has 0 saturated carbocycles. The van der Waals surface area contributed by atoms with Gasteiger partial charge in [-0.25, -0.2) is 0 Å². The maximum absolute atomic E-state index is 5.39. The van der Waals surface area contributed by atoms with Gasteiger partial charge in [-0.1, -0.05) is 32.9 Å². The van der Waals surface area contributed by atoms with Crippen LogP contribution in [-0.4, -0.2) is 13.7 Å². The van der Waals surface area contributed by atoms with Crippen molar-refractivity contribution in [1.29, 1.82) is 0 Å². The number of ether oxygens (including phenoxy) is 1. The molecule has 0 aliphatic rings. The van der Waals surface area contributed by atoms with Crippen molar-refractivity contribution < 1.29 is 4.74 Å². The van der Waals surface area contributed by atoms with Gasteiger partial charge >= 0.3 is 0 Å². The molecule has 1 aromatic rings. The number of rotatable bonds is 4. The molecule has 0 saturated heterocycles. The molecular formula is C13H22N2O. The van der Waals surface area contributed by atoms with Crippen LogP contribution in [0.2, 0.25) is 0 Å². The molecule has 0 fully saturated rings. The molecule has 0 atom stereocenters. The Morgan fingerprint density at radius 3 is 2.50 bits per heavy atom. The van der Waals surface area contributed by atoms with Gasteiger partial charge in [-0.3, -0.25) is 11.3 Å². The summed E-state index contributed by atoms with van der Waals surface area (Å²) >= 11 is 0. The molecule has 0 heterocycles. The van der Waals surface area contributed by atoms with Gasteiger partial charge in [0.15, 0.2) is 0 Å². The average Bonchev–Trinajstić information content (AvgIpc) is 2.24. The second-order valence-electron chi connectivity index (χ2n) is 4.99. The summed E-state index contributed by atoms with van der Waals surface area (Å²) in [6, 6.07) is 6.33. The van der Waals surface area contributed by atoms with Crippen molar-refractivity contribution in [3.63, 3.8) is 0 Å². The minimum Gasteiger partial charge on any atom is -0.496 e. The van der Waals surface area contributed by atoms with Crippen molar-refractivity contribution in [3.05, 3.63) is 29.3 Å². The van der Waals surface area contributed by atoms with Gasteiger partial charge < -0.3 is 4.74 Å². The van der Waals surface area contributed by atoms with E-state index in [0.29, 0.717) is 0 Å². The lowest BCUT2D eigenvalue weighted by atomic mass is 9.85. The Labute approximate surface area is 98.0 Å². The summed E-state index contributed by atoms with van der Waals surface area (Å²) in [5.41, 5.74) is 5.29. The van der Waals surface area contributed by atoms with Gasteiger partial charge in [-0.2, -0.15) is 0 Å². The van der Waals surface area contributed by atoms with Crippen molar-refractivity contribution in [1.82, 2.24) is 5.43 Å². The molecule has 0 spiro atoms. The first-order chi connectivity index (χ1) is 7.49. The molecule has 3 nitrogen and oxygen atoms in total. The predicted molar refractivity (Wildman–Crippen MR) is 67.6 cm³/mol. The molecule has 3 N–H and O–H groups in total. The molecule has 0 amide bonds. The van der Waals surface area contributed by atoms with Crippen LogP contribution >= 0.6 is 0 Å². The molecule has 0 radical (unpaired) electrons. The monoisotopic (exact) mass is 222 g/mol. The first-order valence-corrected chi connectivity index (χ1v) is 5.60. The summed E-state index contributed by atoms with van der Waals surface area (Å²) < 4.78 is 5.39. The van der Waals surface area contributed by atoms with Gasteiger partial charge in [0.2, 0.25) is 0 Å². The predicted octanol–water partition coefficient (Wildman–Crippen LogP) is 2.00. The van der Waals surface area contributed by atoms with Gasteiger partial charge in [0, 0.05) is 6.54 Å². The standard InChI is InChI=1S/C13H22N2O/c1-13(2,3)11-9-10(7-8-15-14)5-6-12(11)16-4/h5-6,9,15H,7-8,14H2,1-4H3. The number of hydrogen-bond acceptors (Lipinski definition) is 3. The number of methoxy groups -OCH3 is 1. The molecule has 90 valence electrons. The highest BCUT2D eigenvalue weighted by Crippen LogP contribution is 2.31. The highest BCUT2D eigenvalue weighted by atomic mass is 16.5. The van der Waals surface area contributed by atoms with E-state index < -0.39 is 0 Å². The van der Waals surface area contributed by atoms with Crippen molar-refractivity contribution in [2.24, 2.45) is 5.84 Å². The topological polar surface area (TPSA) is 47.3 Å². The highest BCUT2D eigenvalue weighted by Gasteiger charge is 2.18. The SMILES string of the molecule is COc1ccc(CCNN)cc1C(C)(C)C. The largest absolute Gasteiger partial charge is 0.496 e. The van der Waals surface area contributed by atoms with Crippen molar-refractivity contribution in [2.75, 3.05) is 13.7 Å². The number of nitrogens with one attached hydrogen (secondary N) is 1. The van der Waals surface area contributed by atoms with Gasteiger partial charge in [0.1, 0.15) is 5.75 Å². The third kappa shape index (κ3) is 3.22. The van der Waals surface area contributed by atoms with Crippen molar-refractivity contribution in [3.8, 4) is 5.75 Å². The summed E-state index contributed by atoms with van der Waals surface area (Å²) in [7, 11) is 1.71. The highest BCUT2D eigenvalue weighted by molar-refractivity contribution is 5.41. The normalized spacial score (nSPS) is 11.6. The Balaban J connectivity index is 3.02. The second kappa shape index (κ2) is 5.32. The lowest BCUT2D eigenvalue weighted by Crippen LogP contribution is -2.24. The molecule has 0 bridgehead atoms. The number of hydrogen-bond donors (Lipinski definition) is 2. The fraction of sp³-hybridized carbons (Fsp3) is 0.538. The molecule has 0 aromatic heterocycles. The summed E-state index contributed by atoms with van der Waals surface area (Å²) in [5, 5.41) is 0. The molecular weight excluding hydrogens is 200 g/mol. The zero-order valence-corrected chi connectivity index (χ0v) is 10.6. The molecule has 1 aromatic carbocycles. The first-order valence-electron chi connectivity index (χ1n) is 5.60. The van der Waals surface area contributed by atoms with E-state index in [4.69, 9.17) is 10.6 Å². The van der Waals surface area contributed by atoms with Crippen LogP contribution in [0.3, 0.4) is 0 Å². The van der Waals surface area contributed by atoms with E-state index >= 15 is 0 Å². The van der Waals surface area contributed by atoms with E-state index in [9.17, 15) is 0 Å². The van der Waals surface area contributed by atoms with Crippen LogP contribution in [0, 0.1) is 0 Å². The van der Waals surface area contributed by atoms with Crippen molar-refractivity contribution in [2.45, 2.75) is 32.6 Å². The molecule has 1 rings (SSSR count). The van der Waals surface area contributed by atoms with Crippen LogP contribution in [0.5, 0.6) is 5.75 Å². The van der Waals surface area contributed by atoms with Crippen molar-refractivity contribution >= 4 is 0 Å². The third-order valence-corrected chi connectivity index (χ3v) is 2.63. The van der Waals surface area contributed by atoms with E-state index in [0.717, 1.165) is 18.7 Å². The van der Waals surface area contributed by atoms with Crippen LogP contribution in [-0.2, 0) is 11.8 Å². The quantitative estimate of drug-likeness (QED) is 0.605. The maximum Gasteiger partial charge on any atom is 0.122 e. The maximum atomic E-state index is 5.39. The Morgan fingerprint density at radius 2 is 2.00 bits per heavy atom. The van der Waals surface area contributed by atoms with E-state index in [-0.39, 0.29) is 5.41 Å². The summed E-state index contributed by atoms with van der Waals surface area (Å²) in [5.74, 6) is 6.24. The number of hydrazine groups is 1. The van der Waals surface area contributed by atoms with Gasteiger partial charge in [0.25, 0.3) is 0 Å². The fourth-order valence-electron chi connectivity index (χ4n) is 1.71. The zero-order chi connectivity index (χ0) is 12.2. The van der Waals surface area contributed by atoms with Gasteiger partial charge in [0.05, 0.1) is 7.11 Å². The Hall–Kier alpha value is -1.06. The number of nitrogens with two attached hydrogens (primary N) is 1. The molecule has 3 heteroatoms. The first kappa shape index (κ1) is 13.0. The Bertz CT molecular complexity index is 342.